The number of rotatable bonds is 7. The van der Waals surface area contributed by atoms with Gasteiger partial charge >= 0.3 is 0 Å². The Morgan fingerprint density at radius 2 is 2.13 bits per heavy atom. The number of H-pyrrole nitrogens is 1. The Morgan fingerprint density at radius 1 is 1.23 bits per heavy atom. The molecule has 3 aromatic rings. The molecule has 3 N–H and O–H groups in total. The summed E-state index contributed by atoms with van der Waals surface area (Å²) in [7, 11) is 3.55. The average molecular weight is 420 g/mol. The van der Waals surface area contributed by atoms with Gasteiger partial charge in [0.2, 0.25) is 0 Å². The summed E-state index contributed by atoms with van der Waals surface area (Å²) in [6.45, 7) is 6.02. The molecule has 0 aliphatic carbocycles. The van der Waals surface area contributed by atoms with Gasteiger partial charge in [0.15, 0.2) is 5.96 Å². The van der Waals surface area contributed by atoms with Crippen molar-refractivity contribution in [3.63, 3.8) is 0 Å². The molecule has 0 saturated carbocycles. The lowest BCUT2D eigenvalue weighted by Gasteiger charge is -2.20. The first kappa shape index (κ1) is 21.1. The lowest BCUT2D eigenvalue weighted by Crippen LogP contribution is -2.41. The normalized spacial score (nSPS) is 16.7. The Bertz CT molecular complexity index is 1040. The lowest BCUT2D eigenvalue weighted by atomic mass is 10.1. The highest BCUT2D eigenvalue weighted by atomic mass is 16.5. The zero-order chi connectivity index (χ0) is 21.6. The van der Waals surface area contributed by atoms with E-state index < -0.39 is 0 Å². The van der Waals surface area contributed by atoms with E-state index in [9.17, 15) is 0 Å². The van der Waals surface area contributed by atoms with Crippen molar-refractivity contribution < 1.29 is 4.74 Å². The summed E-state index contributed by atoms with van der Waals surface area (Å²) >= 11 is 0. The quantitative estimate of drug-likeness (QED) is 0.403. The van der Waals surface area contributed by atoms with Crippen LogP contribution in [0.25, 0.3) is 10.9 Å². The Morgan fingerprint density at radius 3 is 2.97 bits per heavy atom. The highest BCUT2D eigenvalue weighted by Gasteiger charge is 2.23. The van der Waals surface area contributed by atoms with E-state index >= 15 is 0 Å². The number of aryl methyl sites for hydroxylation is 1. The third kappa shape index (κ3) is 5.13. The number of nitrogens with zero attached hydrogens (tertiary/aromatic N) is 2. The highest BCUT2D eigenvalue weighted by molar-refractivity contribution is 5.84. The van der Waals surface area contributed by atoms with Crippen molar-refractivity contribution in [2.45, 2.75) is 19.8 Å². The minimum absolute atomic E-state index is 0.599. The van der Waals surface area contributed by atoms with E-state index in [-0.39, 0.29) is 0 Å². The molecule has 1 fully saturated rings. The maximum Gasteiger partial charge on any atom is 0.190 e. The van der Waals surface area contributed by atoms with Crippen LogP contribution < -0.4 is 20.3 Å². The van der Waals surface area contributed by atoms with E-state index in [1.807, 2.05) is 13.1 Å². The van der Waals surface area contributed by atoms with Gasteiger partial charge in [0.05, 0.1) is 7.11 Å². The summed E-state index contributed by atoms with van der Waals surface area (Å²) < 4.78 is 5.36. The summed E-state index contributed by atoms with van der Waals surface area (Å²) in [6.07, 6.45) is 4.25. The van der Waals surface area contributed by atoms with Gasteiger partial charge in [-0.1, -0.05) is 18.2 Å². The van der Waals surface area contributed by atoms with Crippen molar-refractivity contribution >= 4 is 22.5 Å². The summed E-state index contributed by atoms with van der Waals surface area (Å²) in [5.41, 5.74) is 5.06. The van der Waals surface area contributed by atoms with Gasteiger partial charge in [-0.25, -0.2) is 0 Å². The van der Waals surface area contributed by atoms with Gasteiger partial charge in [-0.2, -0.15) is 0 Å². The van der Waals surface area contributed by atoms with Crippen LogP contribution >= 0.6 is 0 Å². The Hall–Kier alpha value is -3.15. The third-order valence-electron chi connectivity index (χ3n) is 6.10. The maximum absolute atomic E-state index is 5.36. The van der Waals surface area contributed by atoms with Gasteiger partial charge in [-0.15, -0.1) is 0 Å². The molecule has 2 aromatic carbocycles. The van der Waals surface area contributed by atoms with Crippen molar-refractivity contribution in [2.24, 2.45) is 10.9 Å². The van der Waals surface area contributed by atoms with Crippen LogP contribution in [0.1, 0.15) is 17.5 Å². The SMILES string of the molecule is CN=C(NCCc1c[nH]c2cc(C)ccc12)NCC1CCN(c2cccc(OC)c2)C1. The number of nitrogens with one attached hydrogen (secondary N) is 3. The molecule has 1 atom stereocenters. The first-order chi connectivity index (χ1) is 15.2. The molecule has 1 aliphatic heterocycles. The minimum Gasteiger partial charge on any atom is -0.497 e. The molecule has 164 valence electrons. The number of hydrogen-bond donors (Lipinski definition) is 3. The van der Waals surface area contributed by atoms with Crippen LogP contribution in [0.15, 0.2) is 53.7 Å². The van der Waals surface area contributed by atoms with Crippen molar-refractivity contribution in [3.05, 3.63) is 59.8 Å². The molecule has 2 heterocycles. The number of aliphatic imine (C=N–C) groups is 1. The largest absolute Gasteiger partial charge is 0.497 e. The summed E-state index contributed by atoms with van der Waals surface area (Å²) in [5.74, 6) is 2.38. The molecule has 0 amide bonds. The van der Waals surface area contributed by atoms with Crippen LogP contribution in [0.5, 0.6) is 5.75 Å². The number of fused-ring (bicyclic) bond motifs is 1. The van der Waals surface area contributed by atoms with Crippen molar-refractivity contribution in [3.8, 4) is 5.75 Å². The molecule has 0 bridgehead atoms. The first-order valence-corrected chi connectivity index (χ1v) is 11.1. The van der Waals surface area contributed by atoms with Crippen molar-refractivity contribution in [2.75, 3.05) is 45.2 Å². The van der Waals surface area contributed by atoms with Gasteiger partial charge in [0, 0.05) is 62.1 Å². The van der Waals surface area contributed by atoms with Crippen LogP contribution in [-0.2, 0) is 6.42 Å². The monoisotopic (exact) mass is 419 g/mol. The summed E-state index contributed by atoms with van der Waals surface area (Å²) in [5, 5.41) is 8.28. The van der Waals surface area contributed by atoms with Gasteiger partial charge < -0.3 is 25.3 Å². The van der Waals surface area contributed by atoms with Crippen molar-refractivity contribution in [1.82, 2.24) is 15.6 Å². The number of hydrogen-bond acceptors (Lipinski definition) is 3. The van der Waals surface area contributed by atoms with Crippen LogP contribution in [-0.4, -0.2) is 51.3 Å². The van der Waals surface area contributed by atoms with E-state index in [0.717, 1.165) is 44.3 Å². The highest BCUT2D eigenvalue weighted by Crippen LogP contribution is 2.26. The molecule has 6 nitrogen and oxygen atoms in total. The Labute approximate surface area is 184 Å². The van der Waals surface area contributed by atoms with E-state index in [1.165, 1.54) is 34.1 Å². The molecule has 1 aromatic heterocycles. The summed E-state index contributed by atoms with van der Waals surface area (Å²) in [6, 6.07) is 14.9. The van der Waals surface area contributed by atoms with Crippen LogP contribution in [0, 0.1) is 12.8 Å². The molecule has 31 heavy (non-hydrogen) atoms. The fourth-order valence-corrected chi connectivity index (χ4v) is 4.33. The smallest absolute Gasteiger partial charge is 0.190 e. The fraction of sp³-hybridized carbons (Fsp3) is 0.400. The number of guanidine groups is 1. The second-order valence-corrected chi connectivity index (χ2v) is 8.30. The second-order valence-electron chi connectivity index (χ2n) is 8.30. The number of benzene rings is 2. The van der Waals surface area contributed by atoms with E-state index in [0.29, 0.717) is 5.92 Å². The third-order valence-corrected chi connectivity index (χ3v) is 6.10. The molecule has 0 spiro atoms. The Balaban J connectivity index is 1.23. The van der Waals surface area contributed by atoms with E-state index in [2.05, 4.69) is 75.0 Å². The van der Waals surface area contributed by atoms with Crippen LogP contribution in [0.4, 0.5) is 5.69 Å². The van der Waals surface area contributed by atoms with Gasteiger partial charge in [-0.3, -0.25) is 4.99 Å². The standard InChI is InChI=1S/C25H33N5O/c1-18-7-8-23-20(16-28-24(23)13-18)9-11-27-25(26-2)29-15-19-10-12-30(17-19)21-5-4-6-22(14-21)31-3/h4-8,13-14,16,19,28H,9-12,15,17H2,1-3H3,(H2,26,27,29). The molecule has 1 saturated heterocycles. The minimum atomic E-state index is 0.599. The molecular formula is C25H33N5O. The zero-order valence-electron chi connectivity index (χ0n) is 18.7. The summed E-state index contributed by atoms with van der Waals surface area (Å²) in [4.78, 5) is 10.2. The molecule has 1 unspecified atom stereocenters. The zero-order valence-corrected chi connectivity index (χ0v) is 18.7. The van der Waals surface area contributed by atoms with Crippen LogP contribution in [0.2, 0.25) is 0 Å². The predicted molar refractivity (Wildman–Crippen MR) is 129 cm³/mol. The number of ether oxygens (including phenoxy) is 1. The number of methoxy groups -OCH3 is 1. The molecule has 4 rings (SSSR count). The molecule has 1 aliphatic rings. The van der Waals surface area contributed by atoms with Crippen molar-refractivity contribution in [1.29, 1.82) is 0 Å². The van der Waals surface area contributed by atoms with Gasteiger partial charge in [-0.05, 0) is 55.0 Å². The number of aromatic nitrogens is 1. The predicted octanol–water partition coefficient (Wildman–Crippen LogP) is 3.72. The average Bonchev–Trinajstić information content (AvgIpc) is 3.43. The molecule has 0 radical (unpaired) electrons. The second kappa shape index (κ2) is 9.77. The van der Waals surface area contributed by atoms with E-state index in [4.69, 9.17) is 4.74 Å². The lowest BCUT2D eigenvalue weighted by molar-refractivity contribution is 0.415. The molecule has 6 heteroatoms. The topological polar surface area (TPSA) is 64.7 Å². The van der Waals surface area contributed by atoms with Crippen LogP contribution in [0.3, 0.4) is 0 Å². The van der Waals surface area contributed by atoms with Gasteiger partial charge in [0.25, 0.3) is 0 Å². The van der Waals surface area contributed by atoms with Gasteiger partial charge in [0.1, 0.15) is 5.75 Å². The first-order valence-electron chi connectivity index (χ1n) is 11.1. The molecular weight excluding hydrogens is 386 g/mol. The Kier molecular flexibility index (Phi) is 6.65. The maximum atomic E-state index is 5.36. The number of anilines is 1. The fourth-order valence-electron chi connectivity index (χ4n) is 4.33. The number of aromatic amines is 1. The van der Waals surface area contributed by atoms with E-state index in [1.54, 1.807) is 7.11 Å².